The number of piperazine rings is 1. The highest BCUT2D eigenvalue weighted by atomic mass is 16.1. The highest BCUT2D eigenvalue weighted by molar-refractivity contribution is 5.98. The van der Waals surface area contributed by atoms with Crippen molar-refractivity contribution in [3.63, 3.8) is 0 Å². The zero-order chi connectivity index (χ0) is 16.8. The van der Waals surface area contributed by atoms with Gasteiger partial charge in [0.05, 0.1) is 5.56 Å². The van der Waals surface area contributed by atoms with Gasteiger partial charge in [0.15, 0.2) is 0 Å². The van der Waals surface area contributed by atoms with Gasteiger partial charge in [-0.15, -0.1) is 0 Å². The van der Waals surface area contributed by atoms with E-state index in [4.69, 9.17) is 0 Å². The molecule has 2 N–H and O–H groups in total. The Labute approximate surface area is 143 Å². The van der Waals surface area contributed by atoms with E-state index in [1.54, 1.807) is 6.20 Å². The number of aromatic nitrogens is 1. The molecule has 0 aliphatic carbocycles. The van der Waals surface area contributed by atoms with Crippen LogP contribution in [0.5, 0.6) is 0 Å². The minimum absolute atomic E-state index is 0.0465. The molecule has 5 nitrogen and oxygen atoms in total. The molecule has 2 aromatic rings. The maximum atomic E-state index is 12.4. The molecule has 0 radical (unpaired) electrons. The zero-order valence-corrected chi connectivity index (χ0v) is 14.0. The number of carbonyl (C=O) groups is 1. The number of nitrogens with zero attached hydrogens (tertiary/aromatic N) is 2. The van der Waals surface area contributed by atoms with Crippen LogP contribution in [0.1, 0.15) is 35.3 Å². The van der Waals surface area contributed by atoms with Gasteiger partial charge in [0.2, 0.25) is 0 Å². The normalized spacial score (nSPS) is 17.5. The average Bonchev–Trinajstić information content (AvgIpc) is 2.67. The first-order valence-electron chi connectivity index (χ1n) is 8.56. The topological polar surface area (TPSA) is 57.3 Å². The summed E-state index contributed by atoms with van der Waals surface area (Å²) in [5, 5.41) is 6.50. The van der Waals surface area contributed by atoms with Crippen LogP contribution in [0.3, 0.4) is 0 Å². The number of pyridine rings is 1. The van der Waals surface area contributed by atoms with Crippen molar-refractivity contribution in [1.82, 2.24) is 15.6 Å². The molecule has 24 heavy (non-hydrogen) atoms. The quantitative estimate of drug-likeness (QED) is 0.886. The van der Waals surface area contributed by atoms with Gasteiger partial charge in [-0.1, -0.05) is 37.3 Å². The molecule has 1 fully saturated rings. The number of carbonyl (C=O) groups excluding carboxylic acids is 1. The van der Waals surface area contributed by atoms with Gasteiger partial charge in [0.25, 0.3) is 5.91 Å². The third-order valence-corrected chi connectivity index (χ3v) is 4.24. The van der Waals surface area contributed by atoms with Crippen molar-refractivity contribution in [3.05, 3.63) is 59.8 Å². The molecule has 2 heterocycles. The SMILES string of the molecule is CCCNC(=O)c1cccnc1N1CCNC(c2ccccc2)C1. The number of rotatable bonds is 5. The van der Waals surface area contributed by atoms with Gasteiger partial charge in [-0.05, 0) is 24.1 Å². The van der Waals surface area contributed by atoms with Gasteiger partial charge in [-0.2, -0.15) is 0 Å². The molecule has 0 saturated carbocycles. The number of anilines is 1. The standard InChI is InChI=1S/C19H24N4O/c1-2-10-22-19(24)16-9-6-11-21-18(16)23-13-12-20-17(14-23)15-7-4-3-5-8-15/h3-9,11,17,20H,2,10,12-14H2,1H3,(H,22,24). The van der Waals surface area contributed by atoms with Gasteiger partial charge < -0.3 is 15.5 Å². The predicted octanol–water partition coefficient (Wildman–Crippen LogP) is 2.37. The molecule has 1 aliphatic heterocycles. The van der Waals surface area contributed by atoms with Crippen molar-refractivity contribution in [2.24, 2.45) is 0 Å². The van der Waals surface area contributed by atoms with Crippen LogP contribution in [0.4, 0.5) is 5.82 Å². The maximum Gasteiger partial charge on any atom is 0.255 e. The molecule has 1 saturated heterocycles. The fourth-order valence-electron chi connectivity index (χ4n) is 3.01. The van der Waals surface area contributed by atoms with Crippen LogP contribution in [-0.4, -0.2) is 37.1 Å². The Kier molecular flexibility index (Phi) is 5.43. The van der Waals surface area contributed by atoms with E-state index in [-0.39, 0.29) is 11.9 Å². The Hall–Kier alpha value is -2.40. The van der Waals surface area contributed by atoms with Crippen molar-refractivity contribution in [3.8, 4) is 0 Å². The second-order valence-corrected chi connectivity index (χ2v) is 5.99. The Balaban J connectivity index is 1.80. The summed E-state index contributed by atoms with van der Waals surface area (Å²) in [7, 11) is 0. The minimum Gasteiger partial charge on any atom is -0.353 e. The first-order chi connectivity index (χ1) is 11.8. The summed E-state index contributed by atoms with van der Waals surface area (Å²) in [6, 6.07) is 14.3. The predicted molar refractivity (Wildman–Crippen MR) is 96.3 cm³/mol. The summed E-state index contributed by atoms with van der Waals surface area (Å²) >= 11 is 0. The van der Waals surface area contributed by atoms with E-state index in [1.807, 2.05) is 25.1 Å². The summed E-state index contributed by atoms with van der Waals surface area (Å²) in [5.41, 5.74) is 1.91. The number of hydrogen-bond acceptors (Lipinski definition) is 4. The monoisotopic (exact) mass is 324 g/mol. The molecule has 5 heteroatoms. The molecule has 1 amide bonds. The Morgan fingerprint density at radius 2 is 2.12 bits per heavy atom. The third kappa shape index (κ3) is 3.74. The molecule has 1 aromatic carbocycles. The summed E-state index contributed by atoms with van der Waals surface area (Å²) in [5.74, 6) is 0.725. The Morgan fingerprint density at radius 3 is 2.92 bits per heavy atom. The Bertz CT molecular complexity index is 674. The van der Waals surface area contributed by atoms with Crippen LogP contribution in [0, 0.1) is 0 Å². The second-order valence-electron chi connectivity index (χ2n) is 5.99. The van der Waals surface area contributed by atoms with Crippen molar-refractivity contribution >= 4 is 11.7 Å². The number of nitrogens with one attached hydrogen (secondary N) is 2. The molecular formula is C19H24N4O. The van der Waals surface area contributed by atoms with E-state index in [2.05, 4.69) is 44.8 Å². The van der Waals surface area contributed by atoms with Crippen LogP contribution < -0.4 is 15.5 Å². The molecule has 0 spiro atoms. The lowest BCUT2D eigenvalue weighted by Crippen LogP contribution is -2.46. The minimum atomic E-state index is -0.0465. The molecule has 3 rings (SSSR count). The molecule has 126 valence electrons. The first-order valence-corrected chi connectivity index (χ1v) is 8.56. The lowest BCUT2D eigenvalue weighted by molar-refractivity contribution is 0.0953. The molecule has 1 atom stereocenters. The smallest absolute Gasteiger partial charge is 0.255 e. The van der Waals surface area contributed by atoms with Crippen LogP contribution >= 0.6 is 0 Å². The van der Waals surface area contributed by atoms with Gasteiger partial charge >= 0.3 is 0 Å². The van der Waals surface area contributed by atoms with Crippen LogP contribution in [-0.2, 0) is 0 Å². The van der Waals surface area contributed by atoms with Crippen molar-refractivity contribution in [2.45, 2.75) is 19.4 Å². The number of amides is 1. The number of benzene rings is 1. The highest BCUT2D eigenvalue weighted by Crippen LogP contribution is 2.23. The molecule has 1 unspecified atom stereocenters. The highest BCUT2D eigenvalue weighted by Gasteiger charge is 2.24. The van der Waals surface area contributed by atoms with E-state index in [1.165, 1.54) is 5.56 Å². The second kappa shape index (κ2) is 7.93. The maximum absolute atomic E-state index is 12.4. The van der Waals surface area contributed by atoms with E-state index < -0.39 is 0 Å². The first kappa shape index (κ1) is 16.5. The van der Waals surface area contributed by atoms with Crippen LogP contribution in [0.15, 0.2) is 48.7 Å². The average molecular weight is 324 g/mol. The largest absolute Gasteiger partial charge is 0.353 e. The summed E-state index contributed by atoms with van der Waals surface area (Å²) in [6.45, 7) is 5.24. The Morgan fingerprint density at radius 1 is 1.29 bits per heavy atom. The van der Waals surface area contributed by atoms with Crippen LogP contribution in [0.25, 0.3) is 0 Å². The lowest BCUT2D eigenvalue weighted by atomic mass is 10.0. The van der Waals surface area contributed by atoms with Crippen LogP contribution in [0.2, 0.25) is 0 Å². The summed E-state index contributed by atoms with van der Waals surface area (Å²) in [4.78, 5) is 19.1. The summed E-state index contributed by atoms with van der Waals surface area (Å²) in [6.07, 6.45) is 2.68. The third-order valence-electron chi connectivity index (χ3n) is 4.24. The van der Waals surface area contributed by atoms with Crippen molar-refractivity contribution < 1.29 is 4.79 Å². The molecule has 1 aromatic heterocycles. The molecule has 1 aliphatic rings. The molecule has 0 bridgehead atoms. The van der Waals surface area contributed by atoms with E-state index in [0.717, 1.165) is 31.9 Å². The lowest BCUT2D eigenvalue weighted by Gasteiger charge is -2.35. The fraction of sp³-hybridized carbons (Fsp3) is 0.368. The molecular weight excluding hydrogens is 300 g/mol. The van der Waals surface area contributed by atoms with Crippen molar-refractivity contribution in [2.75, 3.05) is 31.1 Å². The summed E-state index contributed by atoms with van der Waals surface area (Å²) < 4.78 is 0. The van der Waals surface area contributed by atoms with Gasteiger partial charge in [-0.25, -0.2) is 4.98 Å². The van der Waals surface area contributed by atoms with E-state index in [0.29, 0.717) is 12.1 Å². The van der Waals surface area contributed by atoms with E-state index >= 15 is 0 Å². The fourth-order valence-corrected chi connectivity index (χ4v) is 3.01. The van der Waals surface area contributed by atoms with Crippen molar-refractivity contribution in [1.29, 1.82) is 0 Å². The zero-order valence-electron chi connectivity index (χ0n) is 14.0. The van der Waals surface area contributed by atoms with Gasteiger partial charge in [-0.3, -0.25) is 4.79 Å². The van der Waals surface area contributed by atoms with Gasteiger partial charge in [0.1, 0.15) is 5.82 Å². The van der Waals surface area contributed by atoms with Gasteiger partial charge in [0, 0.05) is 38.4 Å². The van der Waals surface area contributed by atoms with E-state index in [9.17, 15) is 4.79 Å². The number of hydrogen-bond donors (Lipinski definition) is 2.